The Hall–Kier alpha value is -3.40. The average Bonchev–Trinajstić information content (AvgIpc) is 3.24. The molecule has 2 aromatic carbocycles. The normalized spacial score (nSPS) is 15.1. The van der Waals surface area contributed by atoms with E-state index in [1.54, 1.807) is 26.6 Å². The maximum atomic E-state index is 12.9. The van der Waals surface area contributed by atoms with Gasteiger partial charge < -0.3 is 29.6 Å². The number of methoxy groups -OCH3 is 1. The Balaban J connectivity index is 1.39. The average molecular weight is 653 g/mol. The fourth-order valence-corrected chi connectivity index (χ4v) is 6.97. The number of rotatable bonds is 8. The molecule has 1 fully saturated rings. The van der Waals surface area contributed by atoms with Crippen LogP contribution in [-0.4, -0.2) is 66.0 Å². The summed E-state index contributed by atoms with van der Waals surface area (Å²) in [5.41, 5.74) is 6.01. The number of halogens is 1. The van der Waals surface area contributed by atoms with Crippen molar-refractivity contribution < 1.29 is 14.0 Å². The quantitative estimate of drug-likeness (QED) is 0.216. The van der Waals surface area contributed by atoms with Crippen LogP contribution in [0.2, 0.25) is 0 Å². The van der Waals surface area contributed by atoms with Crippen LogP contribution in [0.3, 0.4) is 0 Å². The highest BCUT2D eigenvalue weighted by Crippen LogP contribution is 2.44. The number of hydrogen-bond donors (Lipinski definition) is 2. The maximum absolute atomic E-state index is 12.9. The molecule has 4 heterocycles. The summed E-state index contributed by atoms with van der Waals surface area (Å²) in [6.45, 7) is 10.2. The van der Waals surface area contributed by atoms with Crippen LogP contribution in [0, 0.1) is 0 Å². The zero-order valence-corrected chi connectivity index (χ0v) is 26.9. The summed E-state index contributed by atoms with van der Waals surface area (Å²) in [4.78, 5) is 11.7. The van der Waals surface area contributed by atoms with Crippen molar-refractivity contribution in [1.82, 2.24) is 19.7 Å². The van der Waals surface area contributed by atoms with Crippen LogP contribution in [0.4, 0.5) is 28.8 Å². The molecule has 2 aliphatic rings. The molecule has 0 aliphatic carbocycles. The molecule has 10 nitrogen and oxygen atoms in total. The van der Waals surface area contributed by atoms with Gasteiger partial charge >= 0.3 is 0 Å². The van der Waals surface area contributed by atoms with Gasteiger partial charge in [0.2, 0.25) is 5.95 Å². The largest absolute Gasteiger partial charge is 0.494 e. The number of nitrogens with zero attached hydrogens (tertiary/aromatic N) is 5. The second-order valence-electron chi connectivity index (χ2n) is 11.3. The molecule has 0 saturated carbocycles. The zero-order valence-electron chi connectivity index (χ0n) is 24.4. The van der Waals surface area contributed by atoms with E-state index < -0.39 is 7.14 Å². The fourth-order valence-electron chi connectivity index (χ4n) is 5.53. The van der Waals surface area contributed by atoms with Crippen LogP contribution < -0.4 is 25.6 Å². The minimum absolute atomic E-state index is 0.278. The highest BCUT2D eigenvalue weighted by atomic mass is 79.9. The number of anilines is 5. The third-order valence-corrected chi connectivity index (χ3v) is 9.85. The third kappa shape index (κ3) is 5.41. The summed E-state index contributed by atoms with van der Waals surface area (Å²) < 4.78 is 27.1. The summed E-state index contributed by atoms with van der Waals surface area (Å²) in [6.07, 6.45) is 4.55. The summed E-state index contributed by atoms with van der Waals surface area (Å²) in [5, 5.41) is 12.3. The van der Waals surface area contributed by atoms with E-state index in [0.29, 0.717) is 41.2 Å². The third-order valence-electron chi connectivity index (χ3n) is 7.72. The lowest BCUT2D eigenvalue weighted by Gasteiger charge is -2.30. The molecule has 0 radical (unpaired) electrons. The number of benzene rings is 2. The van der Waals surface area contributed by atoms with E-state index in [2.05, 4.69) is 67.1 Å². The number of aromatic nitrogens is 4. The molecule has 1 saturated heterocycles. The Kier molecular flexibility index (Phi) is 7.76. The van der Waals surface area contributed by atoms with Gasteiger partial charge in [-0.15, -0.1) is 0 Å². The molecule has 0 spiro atoms. The molecule has 2 N–H and O–H groups in total. The van der Waals surface area contributed by atoms with Crippen LogP contribution >= 0.6 is 23.1 Å². The second-order valence-corrected chi connectivity index (χ2v) is 15.3. The van der Waals surface area contributed by atoms with Gasteiger partial charge in [0.15, 0.2) is 0 Å². The predicted octanol–water partition coefficient (Wildman–Crippen LogP) is 6.19. The number of para-hydroxylation sites is 1. The molecule has 42 heavy (non-hydrogen) atoms. The van der Waals surface area contributed by atoms with Gasteiger partial charge in [-0.3, -0.25) is 4.68 Å². The Labute approximate surface area is 254 Å². The van der Waals surface area contributed by atoms with Crippen molar-refractivity contribution in [3.63, 3.8) is 0 Å². The highest BCUT2D eigenvalue weighted by Gasteiger charge is 2.30. The minimum Gasteiger partial charge on any atom is -0.494 e. The SMILES string of the molecule is COc1cc2c(cc1Nc1ncc(Br)c(Nc3ccccc3P(C)(C)=O)n1)-c1cnn(C3COC3)c1CCN2C(C)C. The van der Waals surface area contributed by atoms with Gasteiger partial charge in [-0.05, 0) is 61.3 Å². The molecule has 12 heteroatoms. The lowest BCUT2D eigenvalue weighted by atomic mass is 10.0. The monoisotopic (exact) mass is 651 g/mol. The first-order chi connectivity index (χ1) is 20.1. The van der Waals surface area contributed by atoms with E-state index in [1.807, 2.05) is 30.5 Å². The number of fused-ring (bicyclic) bond motifs is 3. The van der Waals surface area contributed by atoms with Crippen molar-refractivity contribution in [2.45, 2.75) is 32.4 Å². The lowest BCUT2D eigenvalue weighted by Crippen LogP contribution is -2.34. The number of nitrogens with one attached hydrogen (secondary N) is 2. The Bertz CT molecular complexity index is 1680. The molecular weight excluding hydrogens is 617 g/mol. The van der Waals surface area contributed by atoms with Crippen molar-refractivity contribution in [3.8, 4) is 16.9 Å². The number of ether oxygens (including phenoxy) is 2. The molecule has 0 amide bonds. The first-order valence-electron chi connectivity index (χ1n) is 14.0. The fraction of sp³-hybridized carbons (Fsp3) is 0.367. The van der Waals surface area contributed by atoms with Crippen molar-refractivity contribution >= 4 is 57.2 Å². The zero-order chi connectivity index (χ0) is 29.6. The van der Waals surface area contributed by atoms with Crippen LogP contribution in [0.1, 0.15) is 25.6 Å². The summed E-state index contributed by atoms with van der Waals surface area (Å²) >= 11 is 3.56. The Morgan fingerprint density at radius 2 is 1.88 bits per heavy atom. The topological polar surface area (TPSA) is 106 Å². The van der Waals surface area contributed by atoms with Gasteiger partial charge in [0.05, 0.1) is 48.4 Å². The lowest BCUT2D eigenvalue weighted by molar-refractivity contribution is -0.0297. The molecule has 220 valence electrons. The van der Waals surface area contributed by atoms with Crippen molar-refractivity contribution in [3.05, 3.63) is 59.0 Å². The van der Waals surface area contributed by atoms with Gasteiger partial charge in [0.25, 0.3) is 0 Å². The van der Waals surface area contributed by atoms with Crippen LogP contribution in [-0.2, 0) is 15.7 Å². The van der Waals surface area contributed by atoms with E-state index in [0.717, 1.165) is 46.5 Å². The molecule has 4 aromatic rings. The van der Waals surface area contributed by atoms with Gasteiger partial charge in [-0.2, -0.15) is 10.1 Å². The molecule has 2 aromatic heterocycles. The molecular formula is C30H35BrN7O3P. The Morgan fingerprint density at radius 1 is 1.10 bits per heavy atom. The highest BCUT2D eigenvalue weighted by molar-refractivity contribution is 9.10. The van der Waals surface area contributed by atoms with Gasteiger partial charge in [0.1, 0.15) is 18.7 Å². The van der Waals surface area contributed by atoms with Crippen LogP contribution in [0.5, 0.6) is 5.75 Å². The van der Waals surface area contributed by atoms with E-state index >= 15 is 0 Å². The van der Waals surface area contributed by atoms with E-state index in [1.165, 1.54) is 5.69 Å². The second kappa shape index (κ2) is 11.4. The van der Waals surface area contributed by atoms with Crippen molar-refractivity contribution in [1.29, 1.82) is 0 Å². The predicted molar refractivity (Wildman–Crippen MR) is 172 cm³/mol. The van der Waals surface area contributed by atoms with Crippen molar-refractivity contribution in [2.24, 2.45) is 0 Å². The maximum Gasteiger partial charge on any atom is 0.229 e. The van der Waals surface area contributed by atoms with Crippen LogP contribution in [0.15, 0.2) is 53.3 Å². The number of hydrogen-bond acceptors (Lipinski definition) is 9. The molecule has 2 aliphatic heterocycles. The molecule has 0 bridgehead atoms. The van der Waals surface area contributed by atoms with Crippen molar-refractivity contribution in [2.75, 3.05) is 55.7 Å². The van der Waals surface area contributed by atoms with Crippen LogP contribution in [0.25, 0.3) is 11.1 Å². The standard InChI is InChI=1S/C30H35BrN7O3P/c1-18(2)37-11-10-25-21(14-33-38(25)19-16-41-17-19)20-12-24(27(40-3)13-26(20)37)35-30-32-15-22(31)29(36-30)34-23-8-6-7-9-28(23)42(4,5)39/h6-9,12-15,18-19H,10-11,16-17H2,1-5H3,(H2,32,34,35,36). The summed E-state index contributed by atoms with van der Waals surface area (Å²) in [7, 11) is -0.843. The van der Waals surface area contributed by atoms with E-state index in [4.69, 9.17) is 19.6 Å². The summed E-state index contributed by atoms with van der Waals surface area (Å²) in [6, 6.07) is 12.4. The van der Waals surface area contributed by atoms with Gasteiger partial charge in [-0.25, -0.2) is 4.98 Å². The first-order valence-corrected chi connectivity index (χ1v) is 17.4. The molecule has 0 unspecified atom stereocenters. The van der Waals surface area contributed by atoms with Gasteiger partial charge in [-0.1, -0.05) is 12.1 Å². The first kappa shape index (κ1) is 28.7. The van der Waals surface area contributed by atoms with Gasteiger partial charge in [0, 0.05) is 59.1 Å². The minimum atomic E-state index is -2.51. The molecule has 6 rings (SSSR count). The van der Waals surface area contributed by atoms with E-state index in [-0.39, 0.29) is 6.04 Å². The molecule has 0 atom stereocenters. The summed E-state index contributed by atoms with van der Waals surface area (Å²) in [5.74, 6) is 1.63. The Morgan fingerprint density at radius 3 is 2.57 bits per heavy atom. The smallest absolute Gasteiger partial charge is 0.229 e. The van der Waals surface area contributed by atoms with E-state index in [9.17, 15) is 4.57 Å².